The summed E-state index contributed by atoms with van der Waals surface area (Å²) in [5.74, 6) is -0.0702. The summed E-state index contributed by atoms with van der Waals surface area (Å²) in [7, 11) is 4.09. The highest BCUT2D eigenvalue weighted by molar-refractivity contribution is 5.80. The highest BCUT2D eigenvalue weighted by atomic mass is 16.5. The van der Waals surface area contributed by atoms with Crippen LogP contribution in [0.3, 0.4) is 0 Å². The van der Waals surface area contributed by atoms with Gasteiger partial charge in [0.1, 0.15) is 6.10 Å². The van der Waals surface area contributed by atoms with Gasteiger partial charge in [-0.15, -0.1) is 0 Å². The van der Waals surface area contributed by atoms with Crippen LogP contribution in [0.15, 0.2) is 24.3 Å². The van der Waals surface area contributed by atoms with Gasteiger partial charge in [-0.1, -0.05) is 24.3 Å². The molecule has 1 aromatic rings. The second-order valence-corrected chi connectivity index (χ2v) is 4.87. The molecule has 4 heteroatoms. The van der Waals surface area contributed by atoms with Crippen LogP contribution < -0.4 is 5.32 Å². The molecule has 1 atom stereocenters. The van der Waals surface area contributed by atoms with Gasteiger partial charge < -0.3 is 15.0 Å². The number of amides is 1. The maximum Gasteiger partial charge on any atom is 0.249 e. The number of ether oxygens (including phenoxy) is 1. The maximum absolute atomic E-state index is 11.7. The van der Waals surface area contributed by atoms with Crippen molar-refractivity contribution in [3.63, 3.8) is 0 Å². The van der Waals surface area contributed by atoms with Crippen LogP contribution in [-0.4, -0.2) is 37.6 Å². The lowest BCUT2D eigenvalue weighted by atomic mass is 10.1. The van der Waals surface area contributed by atoms with Gasteiger partial charge in [0.05, 0.1) is 0 Å². The summed E-state index contributed by atoms with van der Waals surface area (Å²) in [6, 6.07) is 8.27. The van der Waals surface area contributed by atoms with Crippen LogP contribution in [0, 0.1) is 0 Å². The molecule has 0 aliphatic carbocycles. The van der Waals surface area contributed by atoms with E-state index in [1.165, 1.54) is 5.56 Å². The standard InChI is InChI=1S/C15H24N2O2/c1-5-19-12(2)15(18)16-10-13-6-8-14(9-7-13)11-17(3)4/h6-9,12H,5,10-11H2,1-4H3,(H,16,18)/t12-/m1/s1. The van der Waals surface area contributed by atoms with Crippen LogP contribution >= 0.6 is 0 Å². The zero-order valence-corrected chi connectivity index (χ0v) is 12.3. The summed E-state index contributed by atoms with van der Waals surface area (Å²) in [5.41, 5.74) is 2.36. The van der Waals surface area contributed by atoms with E-state index >= 15 is 0 Å². The summed E-state index contributed by atoms with van der Waals surface area (Å²) in [4.78, 5) is 13.8. The molecule has 0 bridgehead atoms. The van der Waals surface area contributed by atoms with E-state index in [1.54, 1.807) is 6.92 Å². The first-order valence-corrected chi connectivity index (χ1v) is 6.64. The van der Waals surface area contributed by atoms with Crippen molar-refractivity contribution in [1.82, 2.24) is 10.2 Å². The lowest BCUT2D eigenvalue weighted by Crippen LogP contribution is -2.34. The minimum atomic E-state index is -0.391. The smallest absolute Gasteiger partial charge is 0.249 e. The zero-order chi connectivity index (χ0) is 14.3. The molecule has 19 heavy (non-hydrogen) atoms. The highest BCUT2D eigenvalue weighted by Gasteiger charge is 2.11. The fraction of sp³-hybridized carbons (Fsp3) is 0.533. The summed E-state index contributed by atoms with van der Waals surface area (Å²) in [6.45, 7) is 5.66. The molecule has 0 radical (unpaired) electrons. The van der Waals surface area contributed by atoms with Gasteiger partial charge in [0.25, 0.3) is 0 Å². The number of carbonyl (C=O) groups excluding carboxylic acids is 1. The third-order valence-corrected chi connectivity index (χ3v) is 2.77. The fourth-order valence-electron chi connectivity index (χ4n) is 1.79. The Morgan fingerprint density at radius 2 is 1.84 bits per heavy atom. The predicted molar refractivity (Wildman–Crippen MR) is 76.8 cm³/mol. The first-order valence-electron chi connectivity index (χ1n) is 6.64. The van der Waals surface area contributed by atoms with Gasteiger partial charge in [-0.25, -0.2) is 0 Å². The Morgan fingerprint density at radius 3 is 2.37 bits per heavy atom. The Morgan fingerprint density at radius 1 is 1.26 bits per heavy atom. The van der Waals surface area contributed by atoms with E-state index in [2.05, 4.69) is 22.3 Å². The van der Waals surface area contributed by atoms with E-state index in [0.29, 0.717) is 13.2 Å². The highest BCUT2D eigenvalue weighted by Crippen LogP contribution is 2.06. The molecule has 0 saturated heterocycles. The molecule has 0 aromatic heterocycles. The lowest BCUT2D eigenvalue weighted by molar-refractivity contribution is -0.131. The van der Waals surface area contributed by atoms with Crippen LogP contribution in [0.2, 0.25) is 0 Å². The molecule has 0 spiro atoms. The molecule has 1 rings (SSSR count). The third-order valence-electron chi connectivity index (χ3n) is 2.77. The van der Waals surface area contributed by atoms with Crippen LogP contribution in [0.1, 0.15) is 25.0 Å². The molecular formula is C15H24N2O2. The first kappa shape index (κ1) is 15.7. The second-order valence-electron chi connectivity index (χ2n) is 4.87. The molecule has 0 heterocycles. The predicted octanol–water partition coefficient (Wildman–Crippen LogP) is 1.79. The topological polar surface area (TPSA) is 41.6 Å². The van der Waals surface area contributed by atoms with Crippen LogP contribution in [0.25, 0.3) is 0 Å². The maximum atomic E-state index is 11.7. The molecule has 1 N–H and O–H groups in total. The van der Waals surface area contributed by atoms with Gasteiger partial charge in [0.2, 0.25) is 5.91 Å². The Kier molecular flexibility index (Phi) is 6.53. The van der Waals surface area contributed by atoms with Crippen molar-refractivity contribution in [3.8, 4) is 0 Å². The fourth-order valence-corrected chi connectivity index (χ4v) is 1.79. The average Bonchev–Trinajstić information content (AvgIpc) is 2.37. The average molecular weight is 264 g/mol. The first-order chi connectivity index (χ1) is 9.02. The van der Waals surface area contributed by atoms with E-state index in [1.807, 2.05) is 33.2 Å². The van der Waals surface area contributed by atoms with Gasteiger partial charge in [-0.2, -0.15) is 0 Å². The summed E-state index contributed by atoms with van der Waals surface area (Å²) >= 11 is 0. The van der Waals surface area contributed by atoms with Crippen molar-refractivity contribution >= 4 is 5.91 Å². The van der Waals surface area contributed by atoms with Crippen molar-refractivity contribution in [3.05, 3.63) is 35.4 Å². The molecule has 0 unspecified atom stereocenters. The van der Waals surface area contributed by atoms with Crippen molar-refractivity contribution in [1.29, 1.82) is 0 Å². The number of nitrogens with one attached hydrogen (secondary N) is 1. The Bertz CT molecular complexity index is 388. The van der Waals surface area contributed by atoms with Crippen molar-refractivity contribution in [2.45, 2.75) is 33.0 Å². The second kappa shape index (κ2) is 7.92. The summed E-state index contributed by atoms with van der Waals surface area (Å²) in [6.07, 6.45) is -0.391. The van der Waals surface area contributed by atoms with E-state index in [0.717, 1.165) is 12.1 Å². The van der Waals surface area contributed by atoms with Gasteiger partial charge in [-0.3, -0.25) is 4.79 Å². The van der Waals surface area contributed by atoms with E-state index in [-0.39, 0.29) is 5.91 Å². The van der Waals surface area contributed by atoms with Crippen molar-refractivity contribution in [2.75, 3.05) is 20.7 Å². The lowest BCUT2D eigenvalue weighted by Gasteiger charge is -2.13. The number of benzene rings is 1. The molecule has 1 aromatic carbocycles. The Balaban J connectivity index is 2.43. The Hall–Kier alpha value is -1.39. The molecule has 0 aliphatic heterocycles. The number of carbonyl (C=O) groups is 1. The SMILES string of the molecule is CCO[C@H](C)C(=O)NCc1ccc(CN(C)C)cc1. The van der Waals surface area contributed by atoms with E-state index < -0.39 is 6.10 Å². The minimum Gasteiger partial charge on any atom is -0.369 e. The molecule has 0 fully saturated rings. The van der Waals surface area contributed by atoms with Gasteiger partial charge in [0.15, 0.2) is 0 Å². The van der Waals surface area contributed by atoms with Crippen molar-refractivity contribution in [2.24, 2.45) is 0 Å². The van der Waals surface area contributed by atoms with E-state index in [4.69, 9.17) is 4.74 Å². The van der Waals surface area contributed by atoms with Crippen LogP contribution in [0.5, 0.6) is 0 Å². The minimum absolute atomic E-state index is 0.0702. The monoisotopic (exact) mass is 264 g/mol. The number of rotatable bonds is 7. The van der Waals surface area contributed by atoms with Gasteiger partial charge in [0, 0.05) is 19.7 Å². The third kappa shape index (κ3) is 5.85. The normalized spacial score (nSPS) is 12.5. The number of hydrogen-bond acceptors (Lipinski definition) is 3. The molecule has 106 valence electrons. The molecule has 0 saturated carbocycles. The molecular weight excluding hydrogens is 240 g/mol. The Labute approximate surface area is 115 Å². The van der Waals surface area contributed by atoms with Crippen LogP contribution in [0.4, 0.5) is 0 Å². The van der Waals surface area contributed by atoms with Gasteiger partial charge in [-0.05, 0) is 39.1 Å². The quantitative estimate of drug-likeness (QED) is 0.816. The zero-order valence-electron chi connectivity index (χ0n) is 12.3. The number of nitrogens with zero attached hydrogens (tertiary/aromatic N) is 1. The molecule has 4 nitrogen and oxygen atoms in total. The van der Waals surface area contributed by atoms with Crippen LogP contribution in [-0.2, 0) is 22.6 Å². The molecule has 1 amide bonds. The molecule has 0 aliphatic rings. The summed E-state index contributed by atoms with van der Waals surface area (Å²) < 4.78 is 5.24. The van der Waals surface area contributed by atoms with Crippen molar-refractivity contribution < 1.29 is 9.53 Å². The van der Waals surface area contributed by atoms with Gasteiger partial charge >= 0.3 is 0 Å². The summed E-state index contributed by atoms with van der Waals surface area (Å²) in [5, 5.41) is 2.87. The number of hydrogen-bond donors (Lipinski definition) is 1. The largest absolute Gasteiger partial charge is 0.369 e. The van der Waals surface area contributed by atoms with E-state index in [9.17, 15) is 4.79 Å².